The van der Waals surface area contributed by atoms with Crippen molar-refractivity contribution in [2.24, 2.45) is 12.8 Å². The van der Waals surface area contributed by atoms with Gasteiger partial charge in [-0.1, -0.05) is 0 Å². The van der Waals surface area contributed by atoms with E-state index in [-0.39, 0.29) is 12.4 Å². The zero-order valence-electron chi connectivity index (χ0n) is 8.27. The SMILES string of the molecule is Cn1cc(CC(=O)COCCN)cn1. The lowest BCUT2D eigenvalue weighted by Crippen LogP contribution is -2.15. The molecule has 0 unspecified atom stereocenters. The molecule has 0 fully saturated rings. The van der Waals surface area contributed by atoms with Crippen LogP contribution in [0.1, 0.15) is 5.56 Å². The average Bonchev–Trinajstić information content (AvgIpc) is 2.52. The zero-order chi connectivity index (χ0) is 10.4. The maximum absolute atomic E-state index is 11.3. The molecule has 1 aromatic heterocycles. The maximum Gasteiger partial charge on any atom is 0.162 e. The molecule has 0 atom stereocenters. The lowest BCUT2D eigenvalue weighted by molar-refractivity contribution is -0.122. The first-order valence-electron chi connectivity index (χ1n) is 4.49. The van der Waals surface area contributed by atoms with E-state index in [0.29, 0.717) is 19.6 Å². The maximum atomic E-state index is 11.3. The molecule has 0 saturated carbocycles. The van der Waals surface area contributed by atoms with Crippen molar-refractivity contribution in [1.29, 1.82) is 0 Å². The van der Waals surface area contributed by atoms with Crippen LogP contribution in [0, 0.1) is 0 Å². The molecule has 1 rings (SSSR count). The van der Waals surface area contributed by atoms with Crippen LogP contribution in [-0.2, 0) is 23.0 Å². The topological polar surface area (TPSA) is 70.1 Å². The molecule has 0 saturated heterocycles. The number of ketones is 1. The monoisotopic (exact) mass is 197 g/mol. The molecule has 0 aliphatic heterocycles. The van der Waals surface area contributed by atoms with E-state index in [0.717, 1.165) is 5.56 Å². The predicted molar refractivity (Wildman–Crippen MR) is 51.8 cm³/mol. The van der Waals surface area contributed by atoms with Crippen molar-refractivity contribution in [2.45, 2.75) is 6.42 Å². The van der Waals surface area contributed by atoms with Crippen LogP contribution in [0.3, 0.4) is 0 Å². The van der Waals surface area contributed by atoms with Gasteiger partial charge < -0.3 is 10.5 Å². The Morgan fingerprint density at radius 3 is 3.07 bits per heavy atom. The fourth-order valence-electron chi connectivity index (χ4n) is 1.11. The van der Waals surface area contributed by atoms with Crippen LogP contribution < -0.4 is 5.73 Å². The second-order valence-electron chi connectivity index (χ2n) is 3.08. The van der Waals surface area contributed by atoms with E-state index in [1.165, 1.54) is 0 Å². The van der Waals surface area contributed by atoms with Crippen LogP contribution in [0.2, 0.25) is 0 Å². The summed E-state index contributed by atoms with van der Waals surface area (Å²) in [5.74, 6) is 0.0476. The zero-order valence-corrected chi connectivity index (χ0v) is 8.27. The number of carbonyl (C=O) groups is 1. The molecular formula is C9H15N3O2. The molecule has 5 heteroatoms. The minimum atomic E-state index is 0.0476. The Morgan fingerprint density at radius 1 is 1.71 bits per heavy atom. The highest BCUT2D eigenvalue weighted by Gasteiger charge is 2.04. The van der Waals surface area contributed by atoms with E-state index in [1.54, 1.807) is 10.9 Å². The van der Waals surface area contributed by atoms with E-state index < -0.39 is 0 Å². The number of hydrogen-bond acceptors (Lipinski definition) is 4. The molecule has 5 nitrogen and oxygen atoms in total. The first kappa shape index (κ1) is 10.9. The van der Waals surface area contributed by atoms with E-state index in [9.17, 15) is 4.79 Å². The summed E-state index contributed by atoms with van der Waals surface area (Å²) in [6, 6.07) is 0. The molecule has 0 bridgehead atoms. The van der Waals surface area contributed by atoms with Crippen molar-refractivity contribution < 1.29 is 9.53 Å². The van der Waals surface area contributed by atoms with Gasteiger partial charge in [0, 0.05) is 26.2 Å². The van der Waals surface area contributed by atoms with E-state index in [2.05, 4.69) is 5.10 Å². The fourth-order valence-corrected chi connectivity index (χ4v) is 1.11. The van der Waals surface area contributed by atoms with Crippen molar-refractivity contribution in [3.05, 3.63) is 18.0 Å². The summed E-state index contributed by atoms with van der Waals surface area (Å²) >= 11 is 0. The van der Waals surface area contributed by atoms with Gasteiger partial charge in [-0.3, -0.25) is 9.48 Å². The van der Waals surface area contributed by atoms with Crippen LogP contribution in [-0.4, -0.2) is 35.3 Å². The Morgan fingerprint density at radius 2 is 2.50 bits per heavy atom. The Labute approximate surface area is 82.8 Å². The molecule has 0 aliphatic carbocycles. The van der Waals surface area contributed by atoms with Gasteiger partial charge in [0.1, 0.15) is 6.61 Å². The molecule has 0 amide bonds. The molecule has 14 heavy (non-hydrogen) atoms. The molecule has 1 aromatic rings. The van der Waals surface area contributed by atoms with Crippen LogP contribution >= 0.6 is 0 Å². The highest BCUT2D eigenvalue weighted by Crippen LogP contribution is 1.98. The number of aromatic nitrogens is 2. The Balaban J connectivity index is 2.27. The van der Waals surface area contributed by atoms with Crippen molar-refractivity contribution in [2.75, 3.05) is 19.8 Å². The van der Waals surface area contributed by atoms with Crippen LogP contribution in [0.15, 0.2) is 12.4 Å². The smallest absolute Gasteiger partial charge is 0.162 e. The average molecular weight is 197 g/mol. The summed E-state index contributed by atoms with van der Waals surface area (Å²) in [7, 11) is 1.82. The number of nitrogens with zero attached hydrogens (tertiary/aromatic N) is 2. The number of Topliss-reactive ketones (excluding diaryl/α,β-unsaturated/α-hetero) is 1. The third kappa shape index (κ3) is 3.68. The van der Waals surface area contributed by atoms with Crippen LogP contribution in [0.4, 0.5) is 0 Å². The van der Waals surface area contributed by atoms with Gasteiger partial charge in [-0.25, -0.2) is 0 Å². The predicted octanol–water partition coefficient (Wildman–Crippen LogP) is -0.493. The summed E-state index contributed by atoms with van der Waals surface area (Å²) in [6.07, 6.45) is 3.88. The molecule has 0 spiro atoms. The fraction of sp³-hybridized carbons (Fsp3) is 0.556. The van der Waals surface area contributed by atoms with Gasteiger partial charge in [0.2, 0.25) is 0 Å². The number of ether oxygens (including phenoxy) is 1. The van der Waals surface area contributed by atoms with Gasteiger partial charge in [0.15, 0.2) is 5.78 Å². The summed E-state index contributed by atoms with van der Waals surface area (Å²) in [6.45, 7) is 1.01. The third-order valence-electron chi connectivity index (χ3n) is 1.68. The third-order valence-corrected chi connectivity index (χ3v) is 1.68. The van der Waals surface area contributed by atoms with Gasteiger partial charge in [-0.05, 0) is 5.56 Å². The van der Waals surface area contributed by atoms with Gasteiger partial charge >= 0.3 is 0 Å². The molecule has 0 aromatic carbocycles. The molecule has 2 N–H and O–H groups in total. The summed E-state index contributed by atoms with van der Waals surface area (Å²) in [5, 5.41) is 3.97. The number of rotatable bonds is 6. The minimum Gasteiger partial charge on any atom is -0.372 e. The van der Waals surface area contributed by atoms with Crippen LogP contribution in [0.25, 0.3) is 0 Å². The Hall–Kier alpha value is -1.20. The summed E-state index contributed by atoms with van der Waals surface area (Å²) in [4.78, 5) is 11.3. The van der Waals surface area contributed by atoms with Crippen molar-refractivity contribution in [3.8, 4) is 0 Å². The largest absolute Gasteiger partial charge is 0.372 e. The van der Waals surface area contributed by atoms with E-state index in [4.69, 9.17) is 10.5 Å². The van der Waals surface area contributed by atoms with Crippen LogP contribution in [0.5, 0.6) is 0 Å². The van der Waals surface area contributed by atoms with E-state index >= 15 is 0 Å². The second-order valence-corrected chi connectivity index (χ2v) is 3.08. The highest BCUT2D eigenvalue weighted by atomic mass is 16.5. The van der Waals surface area contributed by atoms with Gasteiger partial charge in [0.25, 0.3) is 0 Å². The lowest BCUT2D eigenvalue weighted by Gasteiger charge is -1.99. The second kappa shape index (κ2) is 5.51. The number of aryl methyl sites for hydroxylation is 1. The first-order valence-corrected chi connectivity index (χ1v) is 4.49. The van der Waals surface area contributed by atoms with Crippen molar-refractivity contribution in [1.82, 2.24) is 9.78 Å². The van der Waals surface area contributed by atoms with Crippen molar-refractivity contribution >= 4 is 5.78 Å². The van der Waals surface area contributed by atoms with Gasteiger partial charge in [0.05, 0.1) is 12.8 Å². The number of hydrogen-bond donors (Lipinski definition) is 1. The van der Waals surface area contributed by atoms with Gasteiger partial charge in [-0.2, -0.15) is 5.10 Å². The summed E-state index contributed by atoms with van der Waals surface area (Å²) < 4.78 is 6.69. The minimum absolute atomic E-state index is 0.0476. The first-order chi connectivity index (χ1) is 6.72. The van der Waals surface area contributed by atoms with Gasteiger partial charge in [-0.15, -0.1) is 0 Å². The lowest BCUT2D eigenvalue weighted by atomic mass is 10.2. The molecule has 1 heterocycles. The molecular weight excluding hydrogens is 182 g/mol. The Kier molecular flexibility index (Phi) is 4.28. The number of nitrogens with two attached hydrogens (primary N) is 1. The highest BCUT2D eigenvalue weighted by molar-refractivity contribution is 5.81. The molecule has 0 aliphatic rings. The molecule has 78 valence electrons. The standard InChI is InChI=1S/C9H15N3O2/c1-12-6-8(5-11-12)4-9(13)7-14-3-2-10/h5-6H,2-4,7,10H2,1H3. The van der Waals surface area contributed by atoms with Crippen molar-refractivity contribution in [3.63, 3.8) is 0 Å². The van der Waals surface area contributed by atoms with E-state index in [1.807, 2.05) is 13.2 Å². The normalized spacial score (nSPS) is 10.4. The molecule has 0 radical (unpaired) electrons. The Bertz CT molecular complexity index is 296. The number of carbonyl (C=O) groups excluding carboxylic acids is 1. The quantitative estimate of drug-likeness (QED) is 0.624. The summed E-state index contributed by atoms with van der Waals surface area (Å²) in [5.41, 5.74) is 6.13.